The number of nitrogens with one attached hydrogen (secondary N) is 1. The van der Waals surface area contributed by atoms with Gasteiger partial charge in [-0.05, 0) is 37.9 Å². The molecule has 0 saturated heterocycles. The highest BCUT2D eigenvalue weighted by molar-refractivity contribution is 9.11. The third-order valence-corrected chi connectivity index (χ3v) is 3.98. The van der Waals surface area contributed by atoms with E-state index < -0.39 is 18.0 Å². The molecule has 21 heavy (non-hydrogen) atoms. The van der Waals surface area contributed by atoms with Crippen LogP contribution in [-0.4, -0.2) is 35.9 Å². The van der Waals surface area contributed by atoms with Gasteiger partial charge in [0.25, 0.3) is 5.91 Å². The number of hydrogen-bond donors (Lipinski definition) is 2. The monoisotopic (exact) mass is 420 g/mol. The number of carbonyl (C=O) groups is 2. The van der Waals surface area contributed by atoms with E-state index in [4.69, 9.17) is 14.7 Å². The largest absolute Gasteiger partial charge is 0.495 e. The van der Waals surface area contributed by atoms with Gasteiger partial charge in [0.1, 0.15) is 5.75 Å². The molecule has 0 bridgehead atoms. The molecule has 0 radical (unpaired) electrons. The van der Waals surface area contributed by atoms with Crippen molar-refractivity contribution < 1.29 is 24.3 Å². The Morgan fingerprint density at radius 3 is 2.71 bits per heavy atom. The molecule has 0 aromatic heterocycles. The maximum absolute atomic E-state index is 12.0. The average molecular weight is 422 g/mol. The van der Waals surface area contributed by atoms with Crippen LogP contribution in [0.25, 0.3) is 0 Å². The lowest BCUT2D eigenvalue weighted by Crippen LogP contribution is -2.29. The molecule has 1 aromatic carbocycles. The van der Waals surface area contributed by atoms with Crippen LogP contribution in [0.1, 0.15) is 6.42 Å². The van der Waals surface area contributed by atoms with Crippen LogP contribution in [0.15, 0.2) is 26.2 Å². The van der Waals surface area contributed by atoms with E-state index in [1.807, 2.05) is 0 Å². The Bertz CT molecular complexity index is 632. The summed E-state index contributed by atoms with van der Waals surface area (Å²) in [6.07, 6.45) is -1.04. The van der Waals surface area contributed by atoms with Crippen molar-refractivity contribution in [2.75, 3.05) is 12.4 Å². The standard InChI is InChI=1S/C12H10Br2N2O5/c1-20-9-3-7(5(13)2-6(9)14)15-11(17)10-4-8(12(18)19)16-21-10/h2-3,10H,4H2,1H3,(H,15,17)(H,18,19). The summed E-state index contributed by atoms with van der Waals surface area (Å²) in [4.78, 5) is 27.6. The number of benzene rings is 1. The zero-order valence-corrected chi connectivity index (χ0v) is 13.9. The fourth-order valence-corrected chi connectivity index (χ4v) is 2.89. The highest BCUT2D eigenvalue weighted by Gasteiger charge is 2.31. The maximum Gasteiger partial charge on any atom is 0.353 e. The van der Waals surface area contributed by atoms with Crippen molar-refractivity contribution in [2.24, 2.45) is 5.16 Å². The molecule has 7 nitrogen and oxygen atoms in total. The minimum absolute atomic E-state index is 0.0769. The predicted molar refractivity (Wildman–Crippen MR) is 81.6 cm³/mol. The summed E-state index contributed by atoms with van der Waals surface area (Å²) in [5.74, 6) is -1.14. The number of rotatable bonds is 4. The van der Waals surface area contributed by atoms with E-state index in [-0.39, 0.29) is 12.1 Å². The molecule has 1 aliphatic rings. The Balaban J connectivity index is 2.09. The van der Waals surface area contributed by atoms with E-state index in [0.717, 1.165) is 4.47 Å². The molecule has 1 aromatic rings. The fraction of sp³-hybridized carbons (Fsp3) is 0.250. The van der Waals surface area contributed by atoms with E-state index >= 15 is 0 Å². The van der Waals surface area contributed by atoms with E-state index in [1.54, 1.807) is 12.1 Å². The highest BCUT2D eigenvalue weighted by Crippen LogP contribution is 2.34. The van der Waals surface area contributed by atoms with Crippen LogP contribution >= 0.6 is 31.9 Å². The number of hydrogen-bond acceptors (Lipinski definition) is 5. The van der Waals surface area contributed by atoms with Gasteiger partial charge in [-0.2, -0.15) is 0 Å². The van der Waals surface area contributed by atoms with Gasteiger partial charge in [0.15, 0.2) is 5.71 Å². The molecule has 2 rings (SSSR count). The number of carboxylic acids is 1. The Morgan fingerprint density at radius 1 is 1.43 bits per heavy atom. The Morgan fingerprint density at radius 2 is 2.14 bits per heavy atom. The summed E-state index contributed by atoms with van der Waals surface area (Å²) in [7, 11) is 1.51. The van der Waals surface area contributed by atoms with E-state index in [1.165, 1.54) is 7.11 Å². The third-order valence-electron chi connectivity index (χ3n) is 2.71. The van der Waals surface area contributed by atoms with Crippen LogP contribution in [-0.2, 0) is 14.4 Å². The maximum atomic E-state index is 12.0. The van der Waals surface area contributed by atoms with Crippen molar-refractivity contribution in [1.29, 1.82) is 0 Å². The summed E-state index contributed by atoms with van der Waals surface area (Å²) < 4.78 is 6.51. The van der Waals surface area contributed by atoms with Crippen molar-refractivity contribution in [3.63, 3.8) is 0 Å². The zero-order valence-electron chi connectivity index (χ0n) is 10.7. The molecule has 2 N–H and O–H groups in total. The van der Waals surface area contributed by atoms with Gasteiger partial charge in [-0.1, -0.05) is 5.16 Å². The van der Waals surface area contributed by atoms with Crippen LogP contribution in [0.3, 0.4) is 0 Å². The molecule has 1 unspecified atom stereocenters. The smallest absolute Gasteiger partial charge is 0.353 e. The molecule has 1 atom stereocenters. The van der Waals surface area contributed by atoms with Crippen molar-refractivity contribution in [3.8, 4) is 5.75 Å². The number of ether oxygens (including phenoxy) is 1. The number of oxime groups is 1. The number of carboxylic acid groups (broad SMARTS) is 1. The van der Waals surface area contributed by atoms with Gasteiger partial charge < -0.3 is 20.0 Å². The quantitative estimate of drug-likeness (QED) is 0.777. The predicted octanol–water partition coefficient (Wildman–Crippen LogP) is 2.39. The second-order valence-corrected chi connectivity index (χ2v) is 5.81. The van der Waals surface area contributed by atoms with Crippen molar-refractivity contribution >= 4 is 55.1 Å². The first-order chi connectivity index (χ1) is 9.92. The Kier molecular flexibility index (Phi) is 4.84. The van der Waals surface area contributed by atoms with Crippen LogP contribution < -0.4 is 10.1 Å². The van der Waals surface area contributed by atoms with E-state index in [9.17, 15) is 9.59 Å². The van der Waals surface area contributed by atoms with Crippen LogP contribution in [0.4, 0.5) is 5.69 Å². The summed E-state index contributed by atoms with van der Waals surface area (Å²) in [6, 6.07) is 3.35. The minimum Gasteiger partial charge on any atom is -0.495 e. The number of anilines is 1. The Hall–Kier alpha value is -1.61. The van der Waals surface area contributed by atoms with E-state index in [2.05, 4.69) is 42.3 Å². The van der Waals surface area contributed by atoms with Gasteiger partial charge in [0, 0.05) is 17.0 Å². The summed E-state index contributed by atoms with van der Waals surface area (Å²) in [5, 5.41) is 14.8. The van der Waals surface area contributed by atoms with Crippen molar-refractivity contribution in [3.05, 3.63) is 21.1 Å². The van der Waals surface area contributed by atoms with Gasteiger partial charge in [0.2, 0.25) is 6.10 Å². The molecular weight excluding hydrogens is 412 g/mol. The first-order valence-electron chi connectivity index (χ1n) is 5.72. The van der Waals surface area contributed by atoms with Gasteiger partial charge in [-0.3, -0.25) is 4.79 Å². The second-order valence-electron chi connectivity index (χ2n) is 4.10. The van der Waals surface area contributed by atoms with E-state index in [0.29, 0.717) is 15.9 Å². The molecule has 0 saturated carbocycles. The molecule has 112 valence electrons. The molecule has 0 spiro atoms. The normalized spacial score (nSPS) is 16.9. The van der Waals surface area contributed by atoms with Gasteiger partial charge in [0.05, 0.1) is 17.3 Å². The molecule has 1 heterocycles. The molecule has 1 amide bonds. The molecule has 0 fully saturated rings. The van der Waals surface area contributed by atoms with Crippen LogP contribution in [0, 0.1) is 0 Å². The lowest BCUT2D eigenvalue weighted by atomic mass is 10.1. The van der Waals surface area contributed by atoms with Crippen molar-refractivity contribution in [2.45, 2.75) is 12.5 Å². The number of halogens is 2. The third kappa shape index (κ3) is 3.53. The number of carbonyl (C=O) groups excluding carboxylic acids is 1. The molecule has 0 aliphatic carbocycles. The van der Waals surface area contributed by atoms with Crippen LogP contribution in [0.5, 0.6) is 5.75 Å². The van der Waals surface area contributed by atoms with Gasteiger partial charge >= 0.3 is 5.97 Å². The second kappa shape index (κ2) is 6.44. The lowest BCUT2D eigenvalue weighted by Gasteiger charge is -2.13. The lowest BCUT2D eigenvalue weighted by molar-refractivity contribution is -0.129. The first kappa shape index (κ1) is 15.8. The number of methoxy groups -OCH3 is 1. The zero-order chi connectivity index (χ0) is 15.6. The van der Waals surface area contributed by atoms with Gasteiger partial charge in [-0.15, -0.1) is 0 Å². The highest BCUT2D eigenvalue weighted by atomic mass is 79.9. The summed E-state index contributed by atoms with van der Waals surface area (Å²) in [6.45, 7) is 0. The minimum atomic E-state index is -1.20. The Labute approximate surface area is 136 Å². The topological polar surface area (TPSA) is 97.2 Å². The number of nitrogens with zero attached hydrogens (tertiary/aromatic N) is 1. The number of amides is 1. The average Bonchev–Trinajstić information content (AvgIpc) is 2.91. The molecule has 9 heteroatoms. The number of aliphatic carboxylic acids is 1. The summed E-state index contributed by atoms with van der Waals surface area (Å²) in [5.41, 5.74) is 0.301. The van der Waals surface area contributed by atoms with Crippen molar-refractivity contribution in [1.82, 2.24) is 0 Å². The fourth-order valence-electron chi connectivity index (χ4n) is 1.64. The van der Waals surface area contributed by atoms with Crippen LogP contribution in [0.2, 0.25) is 0 Å². The molecule has 1 aliphatic heterocycles. The van der Waals surface area contributed by atoms with Gasteiger partial charge in [-0.25, -0.2) is 4.79 Å². The molecular formula is C12H10Br2N2O5. The SMILES string of the molecule is COc1cc(NC(=O)C2CC(C(=O)O)=NO2)c(Br)cc1Br. The summed E-state index contributed by atoms with van der Waals surface area (Å²) >= 11 is 6.64. The first-order valence-corrected chi connectivity index (χ1v) is 7.31.